The highest BCUT2D eigenvalue weighted by molar-refractivity contribution is 6.48. The predicted octanol–water partition coefficient (Wildman–Crippen LogP) is 0.843. The molecule has 68 valence electrons. The van der Waals surface area contributed by atoms with E-state index in [1.165, 1.54) is 6.08 Å². The molecule has 3 nitrogen and oxygen atoms in total. The van der Waals surface area contributed by atoms with Crippen LogP contribution in [-0.2, 0) is 14.3 Å². The van der Waals surface area contributed by atoms with Crippen LogP contribution in [0.15, 0.2) is 47.3 Å². The van der Waals surface area contributed by atoms with Gasteiger partial charge in [-0.25, -0.2) is 0 Å². The van der Waals surface area contributed by atoms with E-state index >= 15 is 0 Å². The molecule has 0 radical (unpaired) electrons. The van der Waals surface area contributed by atoms with Gasteiger partial charge in [-0.1, -0.05) is 12.2 Å². The Morgan fingerprint density at radius 1 is 1.21 bits per heavy atom. The van der Waals surface area contributed by atoms with Gasteiger partial charge in [0, 0.05) is 5.57 Å². The maximum atomic E-state index is 11.6. The van der Waals surface area contributed by atoms with Gasteiger partial charge in [-0.15, -0.1) is 0 Å². The molecule has 0 amide bonds. The average molecular weight is 186 g/mol. The minimum Gasteiger partial charge on any atom is -0.481 e. The van der Waals surface area contributed by atoms with Crippen LogP contribution in [-0.4, -0.2) is 17.7 Å². The molecular formula is C11H6O3. The molecule has 0 saturated carbocycles. The van der Waals surface area contributed by atoms with E-state index in [0.717, 1.165) is 5.57 Å². The SMILES string of the molecule is O=C1C=CC=C2OC3C=CC3=C2C1=O. The first-order chi connectivity index (χ1) is 6.77. The summed E-state index contributed by atoms with van der Waals surface area (Å²) >= 11 is 0. The van der Waals surface area contributed by atoms with E-state index in [1.54, 1.807) is 12.2 Å². The van der Waals surface area contributed by atoms with Crippen molar-refractivity contribution in [1.29, 1.82) is 0 Å². The van der Waals surface area contributed by atoms with Gasteiger partial charge < -0.3 is 4.74 Å². The lowest BCUT2D eigenvalue weighted by Crippen LogP contribution is -2.16. The number of carbonyl (C=O) groups is 2. The Balaban J connectivity index is 2.21. The summed E-state index contributed by atoms with van der Waals surface area (Å²) in [6, 6.07) is 0. The lowest BCUT2D eigenvalue weighted by Gasteiger charge is -2.14. The zero-order chi connectivity index (χ0) is 9.71. The summed E-state index contributed by atoms with van der Waals surface area (Å²) in [6.07, 6.45) is 8.04. The minimum absolute atomic E-state index is 0.112. The van der Waals surface area contributed by atoms with E-state index in [4.69, 9.17) is 4.74 Å². The van der Waals surface area contributed by atoms with Gasteiger partial charge >= 0.3 is 0 Å². The van der Waals surface area contributed by atoms with Gasteiger partial charge in [-0.3, -0.25) is 9.59 Å². The van der Waals surface area contributed by atoms with Gasteiger partial charge in [0.25, 0.3) is 0 Å². The smallest absolute Gasteiger partial charge is 0.237 e. The standard InChI is InChI=1S/C11H6O3/c12-7-2-1-3-9-10(11(7)13)6-4-5-8(6)14-9/h1-5,8H. The van der Waals surface area contributed by atoms with Gasteiger partial charge in [0.05, 0.1) is 5.57 Å². The number of ether oxygens (including phenoxy) is 1. The van der Waals surface area contributed by atoms with Crippen molar-refractivity contribution in [2.45, 2.75) is 6.10 Å². The third-order valence-corrected chi connectivity index (χ3v) is 2.49. The lowest BCUT2D eigenvalue weighted by molar-refractivity contribution is -0.131. The molecule has 0 spiro atoms. The van der Waals surface area contributed by atoms with Crippen LogP contribution in [0, 0.1) is 0 Å². The first-order valence-corrected chi connectivity index (χ1v) is 4.34. The molecule has 3 heteroatoms. The van der Waals surface area contributed by atoms with Crippen molar-refractivity contribution in [2.75, 3.05) is 0 Å². The first kappa shape index (κ1) is 7.50. The molecule has 3 aliphatic rings. The van der Waals surface area contributed by atoms with Gasteiger partial charge in [0.2, 0.25) is 11.6 Å². The predicted molar refractivity (Wildman–Crippen MR) is 48.3 cm³/mol. The molecule has 0 saturated heterocycles. The Kier molecular flexibility index (Phi) is 1.24. The number of hydrogen-bond donors (Lipinski definition) is 0. The number of fused-ring (bicyclic) bond motifs is 2. The van der Waals surface area contributed by atoms with Crippen LogP contribution in [0.25, 0.3) is 0 Å². The Morgan fingerprint density at radius 3 is 2.79 bits per heavy atom. The van der Waals surface area contributed by atoms with E-state index < -0.39 is 11.6 Å². The Labute approximate surface area is 80.0 Å². The van der Waals surface area contributed by atoms with Crippen LogP contribution in [0.5, 0.6) is 0 Å². The highest BCUT2D eigenvalue weighted by Gasteiger charge is 2.38. The molecular weight excluding hydrogens is 180 g/mol. The molecule has 0 aromatic heterocycles. The fourth-order valence-corrected chi connectivity index (χ4v) is 1.72. The van der Waals surface area contributed by atoms with Gasteiger partial charge in [0.1, 0.15) is 11.9 Å². The van der Waals surface area contributed by atoms with Gasteiger partial charge in [0.15, 0.2) is 0 Å². The Hall–Kier alpha value is -1.90. The molecule has 14 heavy (non-hydrogen) atoms. The lowest BCUT2D eigenvalue weighted by atomic mass is 9.93. The minimum atomic E-state index is -0.483. The number of allylic oxidation sites excluding steroid dienone is 4. The van der Waals surface area contributed by atoms with Crippen molar-refractivity contribution in [3.8, 4) is 0 Å². The summed E-state index contributed by atoms with van der Waals surface area (Å²) in [6.45, 7) is 0. The molecule has 0 aromatic carbocycles. The van der Waals surface area contributed by atoms with Crippen LogP contribution >= 0.6 is 0 Å². The maximum Gasteiger partial charge on any atom is 0.237 e. The number of Topliss-reactive ketones (excluding diaryl/α,β-unsaturated/α-hetero) is 1. The van der Waals surface area contributed by atoms with Crippen molar-refractivity contribution in [1.82, 2.24) is 0 Å². The number of ketones is 2. The molecule has 3 rings (SSSR count). The average Bonchev–Trinajstić information content (AvgIpc) is 2.30. The van der Waals surface area contributed by atoms with Crippen LogP contribution in [0.2, 0.25) is 0 Å². The molecule has 1 heterocycles. The first-order valence-electron chi connectivity index (χ1n) is 4.34. The molecule has 0 aromatic rings. The maximum absolute atomic E-state index is 11.6. The van der Waals surface area contributed by atoms with Gasteiger partial charge in [-0.05, 0) is 18.2 Å². The van der Waals surface area contributed by atoms with Crippen LogP contribution in [0.1, 0.15) is 0 Å². The highest BCUT2D eigenvalue weighted by atomic mass is 16.5. The van der Waals surface area contributed by atoms with E-state index in [1.807, 2.05) is 12.2 Å². The van der Waals surface area contributed by atoms with Gasteiger partial charge in [-0.2, -0.15) is 0 Å². The normalized spacial score (nSPS) is 27.7. The Bertz CT molecular complexity index is 475. The molecule has 0 N–H and O–H groups in total. The van der Waals surface area contributed by atoms with E-state index in [-0.39, 0.29) is 6.10 Å². The zero-order valence-corrected chi connectivity index (χ0v) is 7.19. The summed E-state index contributed by atoms with van der Waals surface area (Å²) in [5.41, 5.74) is 1.27. The number of rotatable bonds is 0. The topological polar surface area (TPSA) is 43.4 Å². The van der Waals surface area contributed by atoms with Crippen LogP contribution in [0.3, 0.4) is 0 Å². The molecule has 0 bridgehead atoms. The highest BCUT2D eigenvalue weighted by Crippen LogP contribution is 2.38. The van der Waals surface area contributed by atoms with Crippen molar-refractivity contribution in [3.05, 3.63) is 47.3 Å². The third-order valence-electron chi connectivity index (χ3n) is 2.49. The summed E-state index contributed by atoms with van der Waals surface area (Å²) in [5.74, 6) is -0.433. The van der Waals surface area contributed by atoms with Crippen molar-refractivity contribution < 1.29 is 14.3 Å². The van der Waals surface area contributed by atoms with Crippen molar-refractivity contribution >= 4 is 11.6 Å². The second kappa shape index (κ2) is 2.32. The molecule has 1 aliphatic heterocycles. The van der Waals surface area contributed by atoms with Crippen molar-refractivity contribution in [2.24, 2.45) is 0 Å². The second-order valence-corrected chi connectivity index (χ2v) is 3.31. The molecule has 2 aliphatic carbocycles. The third kappa shape index (κ3) is 0.763. The molecule has 1 unspecified atom stereocenters. The van der Waals surface area contributed by atoms with Crippen LogP contribution < -0.4 is 0 Å². The Morgan fingerprint density at radius 2 is 2.07 bits per heavy atom. The monoisotopic (exact) mass is 186 g/mol. The van der Waals surface area contributed by atoms with Crippen LogP contribution in [0.4, 0.5) is 0 Å². The zero-order valence-electron chi connectivity index (χ0n) is 7.19. The fourth-order valence-electron chi connectivity index (χ4n) is 1.72. The summed E-state index contributed by atoms with van der Waals surface area (Å²) < 4.78 is 5.44. The largest absolute Gasteiger partial charge is 0.481 e. The fraction of sp³-hybridized carbons (Fsp3) is 0.0909. The second-order valence-electron chi connectivity index (χ2n) is 3.31. The van der Waals surface area contributed by atoms with Crippen molar-refractivity contribution in [3.63, 3.8) is 0 Å². The number of hydrogen-bond acceptors (Lipinski definition) is 3. The summed E-state index contributed by atoms with van der Waals surface area (Å²) in [4.78, 5) is 22.9. The molecule has 1 atom stereocenters. The quantitative estimate of drug-likeness (QED) is 0.526. The summed E-state index contributed by atoms with van der Waals surface area (Å²) in [5, 5.41) is 0. The molecule has 0 fully saturated rings. The van der Waals surface area contributed by atoms with E-state index in [9.17, 15) is 9.59 Å². The van der Waals surface area contributed by atoms with E-state index in [0.29, 0.717) is 11.3 Å². The summed E-state index contributed by atoms with van der Waals surface area (Å²) in [7, 11) is 0. The van der Waals surface area contributed by atoms with E-state index in [2.05, 4.69) is 0 Å². The number of carbonyl (C=O) groups excluding carboxylic acids is 2.